The molecule has 1 atom stereocenters. The monoisotopic (exact) mass is 261 g/mol. The zero-order chi connectivity index (χ0) is 14.3. The van der Waals surface area contributed by atoms with E-state index in [2.05, 4.69) is 0 Å². The number of nitriles is 1. The second kappa shape index (κ2) is 7.42. The number of carbonyl (C=O) groups is 1. The van der Waals surface area contributed by atoms with Gasteiger partial charge >= 0.3 is 0 Å². The summed E-state index contributed by atoms with van der Waals surface area (Å²) in [6.07, 6.45) is 0.799. The second-order valence-corrected chi connectivity index (χ2v) is 4.27. The molecule has 0 aliphatic carbocycles. The van der Waals surface area contributed by atoms with E-state index in [1.54, 1.807) is 18.2 Å². The van der Waals surface area contributed by atoms with Crippen molar-refractivity contribution >= 4 is 5.78 Å². The van der Waals surface area contributed by atoms with Gasteiger partial charge in [-0.15, -0.1) is 0 Å². The SMILES string of the molecule is CCOc1cc(C#N)ccc1OCC(=O)C(C)CC. The highest BCUT2D eigenvalue weighted by molar-refractivity contribution is 5.82. The first-order valence-electron chi connectivity index (χ1n) is 6.44. The van der Waals surface area contributed by atoms with Crippen LogP contribution in [0.15, 0.2) is 18.2 Å². The van der Waals surface area contributed by atoms with Crippen LogP contribution in [0.1, 0.15) is 32.8 Å². The number of Topliss-reactive ketones (excluding diaryl/α,β-unsaturated/α-hetero) is 1. The van der Waals surface area contributed by atoms with Crippen LogP contribution < -0.4 is 9.47 Å². The molecule has 0 N–H and O–H groups in total. The average Bonchev–Trinajstić information content (AvgIpc) is 2.44. The summed E-state index contributed by atoms with van der Waals surface area (Å²) >= 11 is 0. The van der Waals surface area contributed by atoms with Crippen LogP contribution in [-0.4, -0.2) is 19.0 Å². The van der Waals surface area contributed by atoms with E-state index < -0.39 is 0 Å². The maximum Gasteiger partial charge on any atom is 0.172 e. The Bertz CT molecular complexity index is 477. The highest BCUT2D eigenvalue weighted by atomic mass is 16.5. The van der Waals surface area contributed by atoms with Crippen molar-refractivity contribution in [3.63, 3.8) is 0 Å². The lowest BCUT2D eigenvalue weighted by Gasteiger charge is -2.13. The largest absolute Gasteiger partial charge is 0.490 e. The van der Waals surface area contributed by atoms with Crippen LogP contribution in [0.5, 0.6) is 11.5 Å². The fraction of sp³-hybridized carbons (Fsp3) is 0.467. The summed E-state index contributed by atoms with van der Waals surface area (Å²) < 4.78 is 10.9. The van der Waals surface area contributed by atoms with Gasteiger partial charge in [0.1, 0.15) is 6.61 Å². The molecule has 102 valence electrons. The molecule has 0 saturated carbocycles. The van der Waals surface area contributed by atoms with Crippen LogP contribution in [0.4, 0.5) is 0 Å². The number of nitrogens with zero attached hydrogens (tertiary/aromatic N) is 1. The quantitative estimate of drug-likeness (QED) is 0.757. The molecular weight excluding hydrogens is 242 g/mol. The van der Waals surface area contributed by atoms with Gasteiger partial charge in [0.05, 0.1) is 18.2 Å². The Morgan fingerprint density at radius 3 is 2.63 bits per heavy atom. The van der Waals surface area contributed by atoms with Crippen molar-refractivity contribution in [1.29, 1.82) is 5.26 Å². The predicted octanol–water partition coefficient (Wildman–Crippen LogP) is 2.95. The predicted molar refractivity (Wildman–Crippen MR) is 72.3 cm³/mol. The van der Waals surface area contributed by atoms with E-state index in [1.807, 2.05) is 26.8 Å². The Balaban J connectivity index is 2.77. The number of hydrogen-bond acceptors (Lipinski definition) is 4. The molecule has 19 heavy (non-hydrogen) atoms. The molecule has 1 aromatic rings. The molecule has 1 aromatic carbocycles. The lowest BCUT2D eigenvalue weighted by Crippen LogP contribution is -2.18. The Hall–Kier alpha value is -2.02. The molecule has 0 amide bonds. The highest BCUT2D eigenvalue weighted by Crippen LogP contribution is 2.28. The Kier molecular flexibility index (Phi) is 5.87. The first kappa shape index (κ1) is 15.0. The first-order valence-corrected chi connectivity index (χ1v) is 6.44. The third kappa shape index (κ3) is 4.29. The molecule has 1 unspecified atom stereocenters. The summed E-state index contributed by atoms with van der Waals surface area (Å²) in [6.45, 7) is 6.21. The van der Waals surface area contributed by atoms with Crippen LogP contribution in [-0.2, 0) is 4.79 Å². The Morgan fingerprint density at radius 1 is 1.32 bits per heavy atom. The van der Waals surface area contributed by atoms with Gasteiger partial charge in [0.15, 0.2) is 17.3 Å². The van der Waals surface area contributed by atoms with Crippen LogP contribution in [0.3, 0.4) is 0 Å². The highest BCUT2D eigenvalue weighted by Gasteiger charge is 2.13. The van der Waals surface area contributed by atoms with Crippen molar-refractivity contribution in [2.45, 2.75) is 27.2 Å². The van der Waals surface area contributed by atoms with Crippen molar-refractivity contribution in [3.8, 4) is 17.6 Å². The topological polar surface area (TPSA) is 59.3 Å². The second-order valence-electron chi connectivity index (χ2n) is 4.27. The minimum atomic E-state index is -0.00562. The number of hydrogen-bond donors (Lipinski definition) is 0. The fourth-order valence-corrected chi connectivity index (χ4v) is 1.48. The normalized spacial score (nSPS) is 11.5. The zero-order valence-electron chi connectivity index (χ0n) is 11.6. The van der Waals surface area contributed by atoms with Gasteiger partial charge in [0.2, 0.25) is 0 Å². The minimum Gasteiger partial charge on any atom is -0.490 e. The van der Waals surface area contributed by atoms with Gasteiger partial charge < -0.3 is 9.47 Å². The average molecular weight is 261 g/mol. The van der Waals surface area contributed by atoms with Gasteiger partial charge in [-0.1, -0.05) is 13.8 Å². The summed E-state index contributed by atoms with van der Waals surface area (Å²) in [6, 6.07) is 6.96. The van der Waals surface area contributed by atoms with Crippen LogP contribution >= 0.6 is 0 Å². The van der Waals surface area contributed by atoms with Gasteiger partial charge in [-0.2, -0.15) is 5.26 Å². The molecule has 0 saturated heterocycles. The number of benzene rings is 1. The van der Waals surface area contributed by atoms with Crippen molar-refractivity contribution in [2.75, 3.05) is 13.2 Å². The van der Waals surface area contributed by atoms with Gasteiger partial charge in [-0.3, -0.25) is 4.79 Å². The standard InChI is InChI=1S/C15H19NO3/c1-4-11(3)13(17)10-19-14-7-6-12(9-16)8-15(14)18-5-2/h6-8,11H,4-5,10H2,1-3H3. The maximum absolute atomic E-state index is 11.7. The summed E-state index contributed by atoms with van der Waals surface area (Å²) in [5, 5.41) is 8.84. The lowest BCUT2D eigenvalue weighted by molar-refractivity contribution is -0.124. The first-order chi connectivity index (χ1) is 9.12. The molecule has 0 radical (unpaired) electrons. The van der Waals surface area contributed by atoms with E-state index in [9.17, 15) is 4.79 Å². The van der Waals surface area contributed by atoms with Crippen molar-refractivity contribution in [1.82, 2.24) is 0 Å². The van der Waals surface area contributed by atoms with Gasteiger partial charge in [0.25, 0.3) is 0 Å². The molecule has 0 aromatic heterocycles. The zero-order valence-corrected chi connectivity index (χ0v) is 11.6. The van der Waals surface area contributed by atoms with E-state index >= 15 is 0 Å². The third-order valence-corrected chi connectivity index (χ3v) is 2.90. The maximum atomic E-state index is 11.7. The summed E-state index contributed by atoms with van der Waals surface area (Å²) in [5.41, 5.74) is 0.504. The fourth-order valence-electron chi connectivity index (χ4n) is 1.48. The molecule has 0 heterocycles. The molecule has 0 bridgehead atoms. The smallest absolute Gasteiger partial charge is 0.172 e. The van der Waals surface area contributed by atoms with Crippen molar-refractivity contribution in [2.24, 2.45) is 5.92 Å². The van der Waals surface area contributed by atoms with Crippen LogP contribution in [0, 0.1) is 17.2 Å². The molecule has 0 aliphatic rings. The molecule has 0 fully saturated rings. The molecule has 0 aliphatic heterocycles. The minimum absolute atomic E-state index is 0.00562. The number of rotatable bonds is 7. The van der Waals surface area contributed by atoms with E-state index in [4.69, 9.17) is 14.7 Å². The van der Waals surface area contributed by atoms with Gasteiger partial charge in [-0.25, -0.2) is 0 Å². The number of ether oxygens (including phenoxy) is 2. The molecule has 0 spiro atoms. The summed E-state index contributed by atoms with van der Waals surface area (Å²) in [7, 11) is 0. The van der Waals surface area contributed by atoms with Gasteiger partial charge in [-0.05, 0) is 25.5 Å². The van der Waals surface area contributed by atoms with Crippen LogP contribution in [0.2, 0.25) is 0 Å². The lowest BCUT2D eigenvalue weighted by atomic mass is 10.0. The van der Waals surface area contributed by atoms with Gasteiger partial charge in [0, 0.05) is 12.0 Å². The third-order valence-electron chi connectivity index (χ3n) is 2.90. The molecule has 1 rings (SSSR count). The Morgan fingerprint density at radius 2 is 2.05 bits per heavy atom. The number of carbonyl (C=O) groups excluding carboxylic acids is 1. The van der Waals surface area contributed by atoms with E-state index in [0.717, 1.165) is 6.42 Å². The van der Waals surface area contributed by atoms with Crippen LogP contribution in [0.25, 0.3) is 0 Å². The Labute approximate surface area is 113 Å². The summed E-state index contributed by atoms with van der Waals surface area (Å²) in [5.74, 6) is 1.05. The van der Waals surface area contributed by atoms with E-state index in [-0.39, 0.29) is 18.3 Å². The van der Waals surface area contributed by atoms with E-state index in [1.165, 1.54) is 0 Å². The van der Waals surface area contributed by atoms with Crippen molar-refractivity contribution < 1.29 is 14.3 Å². The van der Waals surface area contributed by atoms with Crippen molar-refractivity contribution in [3.05, 3.63) is 23.8 Å². The summed E-state index contributed by atoms with van der Waals surface area (Å²) in [4.78, 5) is 11.7. The number of ketones is 1. The molecule has 4 heteroatoms. The molecular formula is C15H19NO3. The molecule has 4 nitrogen and oxygen atoms in total. The van der Waals surface area contributed by atoms with E-state index in [0.29, 0.717) is 23.7 Å².